The van der Waals surface area contributed by atoms with Crippen molar-refractivity contribution >= 4 is 11.3 Å². The second-order valence-electron chi connectivity index (χ2n) is 5.26. The van der Waals surface area contributed by atoms with Gasteiger partial charge in [0.05, 0.1) is 6.04 Å². The lowest BCUT2D eigenvalue weighted by Crippen LogP contribution is -2.24. The van der Waals surface area contributed by atoms with E-state index in [1.165, 1.54) is 27.8 Å². The van der Waals surface area contributed by atoms with E-state index in [4.69, 9.17) is 0 Å². The average Bonchev–Trinajstić information content (AvgIpc) is 2.85. The highest BCUT2D eigenvalue weighted by Gasteiger charge is 2.18. The summed E-state index contributed by atoms with van der Waals surface area (Å²) in [5.41, 5.74) is 6.94. The maximum absolute atomic E-state index is 3.70. The summed E-state index contributed by atoms with van der Waals surface area (Å²) in [5.74, 6) is 0. The van der Waals surface area contributed by atoms with Crippen LogP contribution in [0.15, 0.2) is 29.0 Å². The van der Waals surface area contributed by atoms with Crippen LogP contribution in [0.5, 0.6) is 0 Å². The van der Waals surface area contributed by atoms with Crippen molar-refractivity contribution in [3.8, 4) is 0 Å². The predicted octanol–water partition coefficient (Wildman–Crippen LogP) is 4.76. The Morgan fingerprint density at radius 2 is 1.84 bits per heavy atom. The summed E-state index contributed by atoms with van der Waals surface area (Å²) in [7, 11) is 0. The highest BCUT2D eigenvalue weighted by molar-refractivity contribution is 7.08. The van der Waals surface area contributed by atoms with Gasteiger partial charge in [-0.3, -0.25) is 0 Å². The molecule has 0 aliphatic heterocycles. The van der Waals surface area contributed by atoms with Crippen LogP contribution in [0, 0.1) is 20.8 Å². The quantitative estimate of drug-likeness (QED) is 0.828. The van der Waals surface area contributed by atoms with Crippen molar-refractivity contribution in [2.75, 3.05) is 6.54 Å². The summed E-state index contributed by atoms with van der Waals surface area (Å²) in [6, 6.07) is 7.13. The molecule has 0 saturated carbocycles. The van der Waals surface area contributed by atoms with E-state index in [1.807, 2.05) is 0 Å². The van der Waals surface area contributed by atoms with Gasteiger partial charge in [-0.15, -0.1) is 0 Å². The highest BCUT2D eigenvalue weighted by atomic mass is 32.1. The van der Waals surface area contributed by atoms with Crippen molar-refractivity contribution in [3.05, 3.63) is 56.8 Å². The molecule has 0 saturated heterocycles. The summed E-state index contributed by atoms with van der Waals surface area (Å²) in [5, 5.41) is 8.11. The van der Waals surface area contributed by atoms with E-state index >= 15 is 0 Å². The molecule has 1 N–H and O–H groups in total. The maximum Gasteiger partial charge on any atom is 0.0590 e. The molecule has 19 heavy (non-hydrogen) atoms. The number of thiophene rings is 1. The van der Waals surface area contributed by atoms with Crippen LogP contribution in [-0.4, -0.2) is 6.54 Å². The summed E-state index contributed by atoms with van der Waals surface area (Å²) in [6.45, 7) is 9.88. The van der Waals surface area contributed by atoms with Gasteiger partial charge in [0.25, 0.3) is 0 Å². The molecule has 1 heterocycles. The summed E-state index contributed by atoms with van der Waals surface area (Å²) in [6.07, 6.45) is 1.16. The normalized spacial score (nSPS) is 12.6. The lowest BCUT2D eigenvalue weighted by molar-refractivity contribution is 0.595. The van der Waals surface area contributed by atoms with Gasteiger partial charge in [0.1, 0.15) is 0 Å². The molecule has 0 bridgehead atoms. The Hall–Kier alpha value is -1.12. The van der Waals surface area contributed by atoms with Gasteiger partial charge >= 0.3 is 0 Å². The zero-order valence-corrected chi connectivity index (χ0v) is 13.1. The smallest absolute Gasteiger partial charge is 0.0590 e. The van der Waals surface area contributed by atoms with Crippen LogP contribution in [0.3, 0.4) is 0 Å². The minimum atomic E-state index is 0.326. The Bertz CT molecular complexity index is 505. The minimum absolute atomic E-state index is 0.326. The largest absolute Gasteiger partial charge is 0.306 e. The van der Waals surface area contributed by atoms with E-state index in [0.29, 0.717) is 6.04 Å². The number of hydrogen-bond acceptors (Lipinski definition) is 2. The molecule has 1 aromatic carbocycles. The van der Waals surface area contributed by atoms with Crippen LogP contribution >= 0.6 is 11.3 Å². The molecular weight excluding hydrogens is 250 g/mol. The van der Waals surface area contributed by atoms with Crippen LogP contribution in [0.1, 0.15) is 47.2 Å². The van der Waals surface area contributed by atoms with E-state index in [-0.39, 0.29) is 0 Å². The first-order valence-corrected chi connectivity index (χ1v) is 7.91. The molecule has 1 unspecified atom stereocenters. The van der Waals surface area contributed by atoms with Gasteiger partial charge in [0, 0.05) is 0 Å². The molecule has 0 radical (unpaired) electrons. The van der Waals surface area contributed by atoms with Gasteiger partial charge in [-0.2, -0.15) is 11.3 Å². The van der Waals surface area contributed by atoms with Crippen molar-refractivity contribution < 1.29 is 0 Å². The number of nitrogens with one attached hydrogen (secondary N) is 1. The number of aryl methyl sites for hydroxylation is 3. The fraction of sp³-hybridized carbons (Fsp3) is 0.412. The highest BCUT2D eigenvalue weighted by Crippen LogP contribution is 2.30. The fourth-order valence-electron chi connectivity index (χ4n) is 2.76. The van der Waals surface area contributed by atoms with Crippen LogP contribution in [0.4, 0.5) is 0 Å². The second kappa shape index (κ2) is 6.36. The monoisotopic (exact) mass is 273 g/mol. The fourth-order valence-corrected chi connectivity index (χ4v) is 3.45. The van der Waals surface area contributed by atoms with Gasteiger partial charge in [0.2, 0.25) is 0 Å². The molecule has 1 atom stereocenters. The summed E-state index contributed by atoms with van der Waals surface area (Å²) >= 11 is 1.77. The zero-order valence-electron chi connectivity index (χ0n) is 12.3. The van der Waals surface area contributed by atoms with Gasteiger partial charge in [-0.25, -0.2) is 0 Å². The Balaban J connectivity index is 2.44. The van der Waals surface area contributed by atoms with Gasteiger partial charge in [-0.05, 0) is 72.8 Å². The van der Waals surface area contributed by atoms with E-state index in [9.17, 15) is 0 Å². The molecule has 2 heteroatoms. The zero-order chi connectivity index (χ0) is 13.8. The minimum Gasteiger partial charge on any atom is -0.306 e. The lowest BCUT2D eigenvalue weighted by Gasteiger charge is -2.23. The van der Waals surface area contributed by atoms with Gasteiger partial charge in [0.15, 0.2) is 0 Å². The Kier molecular flexibility index (Phi) is 4.78. The topological polar surface area (TPSA) is 12.0 Å². The van der Waals surface area contributed by atoms with E-state index in [1.54, 1.807) is 11.3 Å². The summed E-state index contributed by atoms with van der Waals surface area (Å²) in [4.78, 5) is 0. The standard InChI is InChI=1S/C17H23NS/c1-5-7-18-17(15-6-8-19-11-15)16-13(3)9-12(2)10-14(16)4/h6,8-11,17-18H,5,7H2,1-4H3. The molecule has 0 fully saturated rings. The first-order valence-electron chi connectivity index (χ1n) is 6.96. The number of hydrogen-bond donors (Lipinski definition) is 1. The van der Waals surface area contributed by atoms with Crippen LogP contribution in [0.2, 0.25) is 0 Å². The molecule has 2 rings (SSSR count). The first-order chi connectivity index (χ1) is 9.13. The summed E-state index contributed by atoms with van der Waals surface area (Å²) < 4.78 is 0. The third kappa shape index (κ3) is 3.26. The molecule has 0 spiro atoms. The van der Waals surface area contributed by atoms with Gasteiger partial charge < -0.3 is 5.32 Å². The van der Waals surface area contributed by atoms with Crippen LogP contribution in [-0.2, 0) is 0 Å². The molecule has 1 nitrogen and oxygen atoms in total. The Labute approximate surface area is 120 Å². The molecule has 2 aromatic rings. The first kappa shape index (κ1) is 14.3. The molecule has 0 amide bonds. The Morgan fingerprint density at radius 3 is 2.37 bits per heavy atom. The van der Waals surface area contributed by atoms with Gasteiger partial charge in [-0.1, -0.05) is 24.6 Å². The molecule has 1 aromatic heterocycles. The Morgan fingerprint density at radius 1 is 1.16 bits per heavy atom. The van der Waals surface area contributed by atoms with E-state index in [0.717, 1.165) is 13.0 Å². The van der Waals surface area contributed by atoms with E-state index < -0.39 is 0 Å². The predicted molar refractivity (Wildman–Crippen MR) is 85.1 cm³/mol. The van der Waals surface area contributed by atoms with Crippen molar-refractivity contribution in [1.29, 1.82) is 0 Å². The lowest BCUT2D eigenvalue weighted by atomic mass is 9.91. The van der Waals surface area contributed by atoms with Crippen LogP contribution in [0.25, 0.3) is 0 Å². The van der Waals surface area contributed by atoms with Crippen molar-refractivity contribution in [1.82, 2.24) is 5.32 Å². The molecular formula is C17H23NS. The third-order valence-electron chi connectivity index (χ3n) is 3.50. The van der Waals surface area contributed by atoms with E-state index in [2.05, 4.69) is 62.0 Å². The van der Waals surface area contributed by atoms with Crippen molar-refractivity contribution in [2.24, 2.45) is 0 Å². The molecule has 0 aliphatic rings. The second-order valence-corrected chi connectivity index (χ2v) is 6.04. The maximum atomic E-state index is 3.70. The average molecular weight is 273 g/mol. The van der Waals surface area contributed by atoms with Crippen LogP contribution < -0.4 is 5.32 Å². The molecule has 0 aliphatic carbocycles. The SMILES string of the molecule is CCCNC(c1ccsc1)c1c(C)cc(C)cc1C. The third-order valence-corrected chi connectivity index (χ3v) is 4.20. The van der Waals surface area contributed by atoms with Crippen molar-refractivity contribution in [3.63, 3.8) is 0 Å². The molecule has 102 valence electrons. The number of rotatable bonds is 5. The van der Waals surface area contributed by atoms with Crippen molar-refractivity contribution in [2.45, 2.75) is 40.2 Å². The number of benzene rings is 1.